The molecular formula is C13H19ClN2S. The zero-order valence-corrected chi connectivity index (χ0v) is 11.9. The molecule has 17 heavy (non-hydrogen) atoms. The van der Waals surface area contributed by atoms with Crippen molar-refractivity contribution in [3.63, 3.8) is 0 Å². The van der Waals surface area contributed by atoms with Gasteiger partial charge in [-0.25, -0.2) is 0 Å². The van der Waals surface area contributed by atoms with Crippen LogP contribution in [0.5, 0.6) is 0 Å². The summed E-state index contributed by atoms with van der Waals surface area (Å²) >= 11 is 7.63. The molecule has 0 fully saturated rings. The second-order valence-electron chi connectivity index (χ2n) is 4.70. The molecule has 0 aliphatic carbocycles. The summed E-state index contributed by atoms with van der Waals surface area (Å²) in [7, 11) is 0. The van der Waals surface area contributed by atoms with E-state index in [1.54, 1.807) is 0 Å². The van der Waals surface area contributed by atoms with E-state index in [2.05, 4.69) is 0 Å². The van der Waals surface area contributed by atoms with Gasteiger partial charge < -0.3 is 5.73 Å². The van der Waals surface area contributed by atoms with Gasteiger partial charge in [-0.05, 0) is 42.9 Å². The highest BCUT2D eigenvalue weighted by Crippen LogP contribution is 2.26. The summed E-state index contributed by atoms with van der Waals surface area (Å²) < 4.78 is 0. The van der Waals surface area contributed by atoms with Crippen molar-refractivity contribution in [2.45, 2.75) is 31.6 Å². The van der Waals surface area contributed by atoms with Gasteiger partial charge >= 0.3 is 0 Å². The van der Waals surface area contributed by atoms with Crippen LogP contribution in [0.3, 0.4) is 0 Å². The molecule has 0 aromatic heterocycles. The third-order valence-electron chi connectivity index (χ3n) is 2.76. The number of amidine groups is 1. The molecule has 1 aromatic carbocycles. The van der Waals surface area contributed by atoms with E-state index in [9.17, 15) is 0 Å². The minimum absolute atomic E-state index is 0.180. The van der Waals surface area contributed by atoms with E-state index in [-0.39, 0.29) is 11.3 Å². The van der Waals surface area contributed by atoms with Crippen molar-refractivity contribution in [1.29, 1.82) is 5.41 Å². The Balaban J connectivity index is 2.29. The number of hydrogen-bond donors (Lipinski definition) is 2. The first kappa shape index (κ1) is 14.4. The van der Waals surface area contributed by atoms with Crippen LogP contribution in [0, 0.1) is 10.8 Å². The Morgan fingerprint density at radius 1 is 1.35 bits per heavy atom. The number of nitrogens with two attached hydrogens (primary N) is 1. The topological polar surface area (TPSA) is 49.9 Å². The van der Waals surface area contributed by atoms with Crippen LogP contribution < -0.4 is 5.73 Å². The first-order valence-corrected chi connectivity index (χ1v) is 7.01. The maximum atomic E-state index is 7.48. The van der Waals surface area contributed by atoms with E-state index < -0.39 is 0 Å². The zero-order chi connectivity index (χ0) is 12.9. The van der Waals surface area contributed by atoms with Crippen LogP contribution in [0.15, 0.2) is 29.2 Å². The fourth-order valence-electron chi connectivity index (χ4n) is 1.37. The fourth-order valence-corrected chi connectivity index (χ4v) is 2.35. The zero-order valence-electron chi connectivity index (χ0n) is 10.3. The van der Waals surface area contributed by atoms with Crippen molar-refractivity contribution in [2.24, 2.45) is 11.1 Å². The van der Waals surface area contributed by atoms with Gasteiger partial charge in [-0.2, -0.15) is 0 Å². The van der Waals surface area contributed by atoms with E-state index in [4.69, 9.17) is 22.7 Å². The van der Waals surface area contributed by atoms with Crippen molar-refractivity contribution >= 4 is 29.2 Å². The molecule has 94 valence electrons. The van der Waals surface area contributed by atoms with E-state index in [1.807, 2.05) is 49.9 Å². The fraction of sp³-hybridized carbons (Fsp3) is 0.462. The van der Waals surface area contributed by atoms with Gasteiger partial charge in [0.25, 0.3) is 0 Å². The summed E-state index contributed by atoms with van der Waals surface area (Å²) in [6, 6.07) is 7.87. The number of thioether (sulfide) groups is 1. The quantitative estimate of drug-likeness (QED) is 0.353. The Labute approximate surface area is 112 Å². The first-order valence-electron chi connectivity index (χ1n) is 5.65. The molecule has 0 aliphatic rings. The molecule has 3 N–H and O–H groups in total. The van der Waals surface area contributed by atoms with Crippen LogP contribution in [-0.4, -0.2) is 11.6 Å². The second-order valence-corrected chi connectivity index (χ2v) is 6.31. The lowest BCUT2D eigenvalue weighted by Crippen LogP contribution is -2.30. The molecule has 0 spiro atoms. The number of benzene rings is 1. The summed E-state index contributed by atoms with van der Waals surface area (Å²) in [6.45, 7) is 4.03. The molecule has 0 saturated carbocycles. The van der Waals surface area contributed by atoms with Crippen LogP contribution in [0.2, 0.25) is 5.02 Å². The number of nitrogens with one attached hydrogen (secondary N) is 1. The maximum absolute atomic E-state index is 7.48. The van der Waals surface area contributed by atoms with Gasteiger partial charge in [0.1, 0.15) is 0 Å². The highest BCUT2D eigenvalue weighted by Gasteiger charge is 2.20. The molecule has 0 bridgehead atoms. The van der Waals surface area contributed by atoms with Crippen LogP contribution in [-0.2, 0) is 0 Å². The molecule has 0 unspecified atom stereocenters. The van der Waals surface area contributed by atoms with Crippen molar-refractivity contribution < 1.29 is 0 Å². The van der Waals surface area contributed by atoms with Gasteiger partial charge in [0, 0.05) is 15.3 Å². The van der Waals surface area contributed by atoms with Crippen molar-refractivity contribution in [3.05, 3.63) is 29.3 Å². The highest BCUT2D eigenvalue weighted by molar-refractivity contribution is 7.99. The second kappa shape index (κ2) is 6.31. The Morgan fingerprint density at radius 3 is 2.47 bits per heavy atom. The molecule has 1 rings (SSSR count). The van der Waals surface area contributed by atoms with Gasteiger partial charge in [-0.3, -0.25) is 5.41 Å². The van der Waals surface area contributed by atoms with Crippen LogP contribution in [0.25, 0.3) is 0 Å². The molecule has 0 saturated heterocycles. The smallest absolute Gasteiger partial charge is 0.0963 e. The van der Waals surface area contributed by atoms with Crippen LogP contribution in [0.1, 0.15) is 26.7 Å². The number of hydrogen-bond acceptors (Lipinski definition) is 2. The maximum Gasteiger partial charge on any atom is 0.0963 e. The van der Waals surface area contributed by atoms with Gasteiger partial charge in [0.05, 0.1) is 5.84 Å². The Kier molecular flexibility index (Phi) is 5.34. The predicted octanol–water partition coefficient (Wildman–Crippen LogP) is 4.17. The van der Waals surface area contributed by atoms with Crippen molar-refractivity contribution in [2.75, 3.05) is 5.75 Å². The van der Waals surface area contributed by atoms with Crippen LogP contribution in [0.4, 0.5) is 0 Å². The predicted molar refractivity (Wildman–Crippen MR) is 77.1 cm³/mol. The van der Waals surface area contributed by atoms with Crippen molar-refractivity contribution in [3.8, 4) is 0 Å². The lowest BCUT2D eigenvalue weighted by atomic mass is 9.87. The minimum Gasteiger partial charge on any atom is -0.387 e. The first-order chi connectivity index (χ1) is 7.92. The van der Waals surface area contributed by atoms with Crippen molar-refractivity contribution in [1.82, 2.24) is 0 Å². The van der Waals surface area contributed by atoms with Gasteiger partial charge in [0.15, 0.2) is 0 Å². The third kappa shape index (κ3) is 5.00. The van der Waals surface area contributed by atoms with Gasteiger partial charge in [-0.15, -0.1) is 11.8 Å². The number of halogens is 1. The SMILES string of the molecule is CC(C)(CCCSc1ccc(Cl)cc1)C(=N)N. The summed E-state index contributed by atoms with van der Waals surface area (Å²) in [5.74, 6) is 1.31. The molecule has 0 radical (unpaired) electrons. The molecule has 0 heterocycles. The lowest BCUT2D eigenvalue weighted by Gasteiger charge is -2.22. The summed E-state index contributed by atoms with van der Waals surface area (Å²) in [4.78, 5) is 1.23. The normalized spacial score (nSPS) is 11.5. The molecule has 2 nitrogen and oxygen atoms in total. The van der Waals surface area contributed by atoms with E-state index >= 15 is 0 Å². The summed E-state index contributed by atoms with van der Waals surface area (Å²) in [5, 5.41) is 8.25. The molecule has 0 atom stereocenters. The summed E-state index contributed by atoms with van der Waals surface area (Å²) in [5.41, 5.74) is 5.36. The largest absolute Gasteiger partial charge is 0.387 e. The van der Waals surface area contributed by atoms with Gasteiger partial charge in [-0.1, -0.05) is 25.4 Å². The van der Waals surface area contributed by atoms with E-state index in [0.29, 0.717) is 0 Å². The Bertz CT molecular complexity index is 374. The molecule has 0 aliphatic heterocycles. The Hall–Kier alpha value is -0.670. The highest BCUT2D eigenvalue weighted by atomic mass is 35.5. The average Bonchev–Trinajstić information content (AvgIpc) is 2.26. The minimum atomic E-state index is -0.180. The van der Waals surface area contributed by atoms with Gasteiger partial charge in [0.2, 0.25) is 0 Å². The lowest BCUT2D eigenvalue weighted by molar-refractivity contribution is 0.464. The van der Waals surface area contributed by atoms with E-state index in [1.165, 1.54) is 4.90 Å². The third-order valence-corrected chi connectivity index (χ3v) is 4.11. The average molecular weight is 271 g/mol. The number of rotatable bonds is 6. The van der Waals surface area contributed by atoms with E-state index in [0.717, 1.165) is 23.6 Å². The molecular weight excluding hydrogens is 252 g/mol. The monoisotopic (exact) mass is 270 g/mol. The molecule has 4 heteroatoms. The Morgan fingerprint density at radius 2 is 1.94 bits per heavy atom. The standard InChI is InChI=1S/C13H19ClN2S/c1-13(2,12(15)16)8-3-9-17-11-6-4-10(14)5-7-11/h4-7H,3,8-9H2,1-2H3,(H3,15,16). The van der Waals surface area contributed by atoms with Crippen LogP contribution >= 0.6 is 23.4 Å². The molecule has 0 amide bonds. The summed E-state index contributed by atoms with van der Waals surface area (Å²) in [6.07, 6.45) is 2.00. The molecule has 1 aromatic rings.